The molecule has 1 heterocycles. The molecule has 0 aliphatic carbocycles. The first-order chi connectivity index (χ1) is 8.70. The van der Waals surface area contributed by atoms with Gasteiger partial charge in [0.2, 0.25) is 0 Å². The van der Waals surface area contributed by atoms with Crippen molar-refractivity contribution in [1.82, 2.24) is 0 Å². The first-order valence-corrected chi connectivity index (χ1v) is 6.92. The van der Waals surface area contributed by atoms with E-state index in [2.05, 4.69) is 36.1 Å². The fraction of sp³-hybridized carbons (Fsp3) is 0.600. The maximum Gasteiger partial charge on any atom is 0.0750 e. The van der Waals surface area contributed by atoms with Crippen molar-refractivity contribution < 1.29 is 4.74 Å². The van der Waals surface area contributed by atoms with Crippen LogP contribution in [0.5, 0.6) is 0 Å². The Morgan fingerprint density at radius 1 is 1.39 bits per heavy atom. The van der Waals surface area contributed by atoms with Crippen LogP contribution >= 0.6 is 0 Å². The van der Waals surface area contributed by atoms with Gasteiger partial charge in [-0.15, -0.1) is 0 Å². The second-order valence-electron chi connectivity index (χ2n) is 5.05. The average Bonchev–Trinajstić information content (AvgIpc) is 2.89. The Hall–Kier alpha value is -1.06. The minimum Gasteiger partial charge on any atom is -0.376 e. The second-order valence-corrected chi connectivity index (χ2v) is 5.05. The summed E-state index contributed by atoms with van der Waals surface area (Å²) in [4.78, 5) is 2.38. The second kappa shape index (κ2) is 6.21. The first-order valence-electron chi connectivity index (χ1n) is 6.92. The Morgan fingerprint density at radius 3 is 2.61 bits per heavy atom. The predicted molar refractivity (Wildman–Crippen MR) is 75.9 cm³/mol. The molecule has 2 rings (SSSR count). The van der Waals surface area contributed by atoms with Gasteiger partial charge in [0.1, 0.15) is 0 Å². The quantitative estimate of drug-likeness (QED) is 0.870. The Morgan fingerprint density at radius 2 is 2.11 bits per heavy atom. The molecule has 0 aromatic heterocycles. The number of benzene rings is 1. The predicted octanol–water partition coefficient (Wildman–Crippen LogP) is 2.71. The fourth-order valence-electron chi connectivity index (χ4n) is 2.44. The van der Waals surface area contributed by atoms with Gasteiger partial charge in [0.05, 0.1) is 6.10 Å². The Bertz CT molecular complexity index is 355. The highest BCUT2D eigenvalue weighted by atomic mass is 16.5. The third-order valence-electron chi connectivity index (χ3n) is 3.61. The van der Waals surface area contributed by atoms with E-state index >= 15 is 0 Å². The van der Waals surface area contributed by atoms with Crippen LogP contribution in [0.25, 0.3) is 0 Å². The molecular weight excluding hydrogens is 224 g/mol. The molecule has 3 nitrogen and oxygen atoms in total. The molecule has 0 spiro atoms. The van der Waals surface area contributed by atoms with Crippen LogP contribution in [0.3, 0.4) is 0 Å². The van der Waals surface area contributed by atoms with Crippen molar-refractivity contribution in [1.29, 1.82) is 0 Å². The molecule has 1 aromatic rings. The molecule has 0 radical (unpaired) electrons. The van der Waals surface area contributed by atoms with Crippen molar-refractivity contribution >= 4 is 5.69 Å². The summed E-state index contributed by atoms with van der Waals surface area (Å²) in [6.45, 7) is 7.13. The zero-order chi connectivity index (χ0) is 13.0. The van der Waals surface area contributed by atoms with Crippen LogP contribution in [0, 0.1) is 0 Å². The monoisotopic (exact) mass is 248 g/mol. The molecule has 1 fully saturated rings. The van der Waals surface area contributed by atoms with E-state index in [9.17, 15) is 0 Å². The van der Waals surface area contributed by atoms with E-state index in [0.29, 0.717) is 6.10 Å². The first kappa shape index (κ1) is 13.4. The van der Waals surface area contributed by atoms with Gasteiger partial charge < -0.3 is 15.4 Å². The lowest BCUT2D eigenvalue weighted by atomic mass is 10.1. The van der Waals surface area contributed by atoms with Gasteiger partial charge in [0.25, 0.3) is 0 Å². The van der Waals surface area contributed by atoms with Crippen molar-refractivity contribution in [2.75, 3.05) is 24.6 Å². The van der Waals surface area contributed by atoms with Gasteiger partial charge in [-0.2, -0.15) is 0 Å². The summed E-state index contributed by atoms with van der Waals surface area (Å²) in [7, 11) is 0. The van der Waals surface area contributed by atoms with Crippen LogP contribution in [-0.2, 0) is 4.74 Å². The lowest BCUT2D eigenvalue weighted by molar-refractivity contribution is 0.115. The highest BCUT2D eigenvalue weighted by Crippen LogP contribution is 2.21. The summed E-state index contributed by atoms with van der Waals surface area (Å²) in [6, 6.07) is 8.68. The van der Waals surface area contributed by atoms with Crippen LogP contribution < -0.4 is 10.6 Å². The van der Waals surface area contributed by atoms with Crippen LogP contribution in [0.4, 0.5) is 5.69 Å². The van der Waals surface area contributed by atoms with Crippen molar-refractivity contribution in [2.45, 2.75) is 38.8 Å². The number of rotatable bonds is 5. The summed E-state index contributed by atoms with van der Waals surface area (Å²) >= 11 is 0. The largest absolute Gasteiger partial charge is 0.376 e. The lowest BCUT2D eigenvalue weighted by Crippen LogP contribution is -2.31. The van der Waals surface area contributed by atoms with E-state index in [1.165, 1.54) is 24.1 Å². The summed E-state index contributed by atoms with van der Waals surface area (Å²) in [5, 5.41) is 0. The van der Waals surface area contributed by atoms with Gasteiger partial charge in [0, 0.05) is 31.4 Å². The molecule has 1 saturated heterocycles. The zero-order valence-corrected chi connectivity index (χ0v) is 11.4. The molecule has 100 valence electrons. The topological polar surface area (TPSA) is 38.5 Å². The number of anilines is 1. The Labute approximate surface area is 110 Å². The number of hydrogen-bond acceptors (Lipinski definition) is 3. The zero-order valence-electron chi connectivity index (χ0n) is 11.4. The van der Waals surface area contributed by atoms with Crippen molar-refractivity contribution in [3.8, 4) is 0 Å². The normalized spacial score (nSPS) is 20.9. The molecule has 2 atom stereocenters. The van der Waals surface area contributed by atoms with Crippen molar-refractivity contribution in [3.05, 3.63) is 29.8 Å². The van der Waals surface area contributed by atoms with Crippen LogP contribution in [0.15, 0.2) is 24.3 Å². The molecule has 1 aliphatic rings. The highest BCUT2D eigenvalue weighted by Gasteiger charge is 2.18. The SMILES string of the molecule is CCN(CC1CCCO1)c1ccc([C@H](C)N)cc1. The average molecular weight is 248 g/mol. The Kier molecular flexibility index (Phi) is 4.61. The molecule has 1 unspecified atom stereocenters. The van der Waals surface area contributed by atoms with Gasteiger partial charge in [-0.3, -0.25) is 0 Å². The highest BCUT2D eigenvalue weighted by molar-refractivity contribution is 5.48. The minimum absolute atomic E-state index is 0.104. The maximum absolute atomic E-state index is 5.87. The molecule has 1 aliphatic heterocycles. The van der Waals surface area contributed by atoms with Gasteiger partial charge in [-0.1, -0.05) is 12.1 Å². The van der Waals surface area contributed by atoms with E-state index in [1.54, 1.807) is 0 Å². The molecule has 0 saturated carbocycles. The molecule has 1 aromatic carbocycles. The van der Waals surface area contributed by atoms with Crippen molar-refractivity contribution in [3.63, 3.8) is 0 Å². The standard InChI is InChI=1S/C15H24N2O/c1-3-17(11-15-5-4-10-18-15)14-8-6-13(7-9-14)12(2)16/h6-9,12,15H,3-5,10-11,16H2,1-2H3/t12-,15?/m0/s1. The number of hydrogen-bond donors (Lipinski definition) is 1. The number of nitrogens with two attached hydrogens (primary N) is 1. The fourth-order valence-corrected chi connectivity index (χ4v) is 2.44. The molecule has 2 N–H and O–H groups in total. The Balaban J connectivity index is 2.02. The van der Waals surface area contributed by atoms with E-state index in [1.807, 2.05) is 6.92 Å². The number of nitrogens with zero attached hydrogens (tertiary/aromatic N) is 1. The summed E-state index contributed by atoms with van der Waals surface area (Å²) < 4.78 is 5.71. The van der Waals surface area contributed by atoms with Gasteiger partial charge in [-0.25, -0.2) is 0 Å². The van der Waals surface area contributed by atoms with E-state index in [-0.39, 0.29) is 6.04 Å². The third kappa shape index (κ3) is 3.24. The summed E-state index contributed by atoms with van der Waals surface area (Å²) in [5.41, 5.74) is 8.32. The summed E-state index contributed by atoms with van der Waals surface area (Å²) in [5.74, 6) is 0. The van der Waals surface area contributed by atoms with Crippen molar-refractivity contribution in [2.24, 2.45) is 5.73 Å². The third-order valence-corrected chi connectivity index (χ3v) is 3.61. The van der Waals surface area contributed by atoms with Gasteiger partial charge >= 0.3 is 0 Å². The summed E-state index contributed by atoms with van der Waals surface area (Å²) in [6.07, 6.45) is 2.79. The molecule has 0 amide bonds. The van der Waals surface area contributed by atoms with Gasteiger partial charge in [-0.05, 0) is 44.4 Å². The van der Waals surface area contributed by atoms with Crippen LogP contribution in [0.1, 0.15) is 38.3 Å². The van der Waals surface area contributed by atoms with E-state index < -0.39 is 0 Å². The number of ether oxygens (including phenoxy) is 1. The van der Waals surface area contributed by atoms with Crippen LogP contribution in [-0.4, -0.2) is 25.8 Å². The van der Waals surface area contributed by atoms with E-state index in [4.69, 9.17) is 10.5 Å². The van der Waals surface area contributed by atoms with Gasteiger partial charge in [0.15, 0.2) is 0 Å². The molecule has 18 heavy (non-hydrogen) atoms. The van der Waals surface area contributed by atoms with Crippen LogP contribution in [0.2, 0.25) is 0 Å². The minimum atomic E-state index is 0.104. The molecular formula is C15H24N2O. The molecule has 3 heteroatoms. The smallest absolute Gasteiger partial charge is 0.0750 e. The number of likely N-dealkylation sites (N-methyl/N-ethyl adjacent to an activating group) is 1. The molecule has 0 bridgehead atoms. The maximum atomic E-state index is 5.87. The lowest BCUT2D eigenvalue weighted by Gasteiger charge is -2.26. The van der Waals surface area contributed by atoms with E-state index in [0.717, 1.165) is 19.7 Å².